The van der Waals surface area contributed by atoms with Gasteiger partial charge in [0.2, 0.25) is 0 Å². The highest BCUT2D eigenvalue weighted by Gasteiger charge is 2.46. The van der Waals surface area contributed by atoms with Gasteiger partial charge in [-0.1, -0.05) is 0 Å². The molecule has 2 aliphatic rings. The number of aliphatic hydroxyl groups is 1. The predicted molar refractivity (Wildman–Crippen MR) is 41.0 cm³/mol. The molecular weight excluding hydrogens is 140 g/mol. The first-order valence-corrected chi connectivity index (χ1v) is 4.37. The molecule has 2 saturated carbocycles. The van der Waals surface area contributed by atoms with E-state index in [2.05, 4.69) is 0 Å². The van der Waals surface area contributed by atoms with Gasteiger partial charge < -0.3 is 5.11 Å². The van der Waals surface area contributed by atoms with Crippen molar-refractivity contribution in [2.45, 2.75) is 32.3 Å². The minimum Gasteiger partial charge on any atom is -0.393 e. The van der Waals surface area contributed by atoms with Gasteiger partial charge in [0.05, 0.1) is 6.10 Å². The molecule has 2 rings (SSSR count). The van der Waals surface area contributed by atoms with E-state index in [1.165, 1.54) is 0 Å². The van der Waals surface area contributed by atoms with E-state index in [4.69, 9.17) is 0 Å². The van der Waals surface area contributed by atoms with Gasteiger partial charge in [-0.25, -0.2) is 0 Å². The molecule has 62 valence electrons. The summed E-state index contributed by atoms with van der Waals surface area (Å²) < 4.78 is 0. The van der Waals surface area contributed by atoms with Gasteiger partial charge in [-0.2, -0.15) is 0 Å². The molecular formula is C9H14O2. The minimum atomic E-state index is -0.101. The molecule has 2 nitrogen and oxygen atoms in total. The molecule has 0 aromatic heterocycles. The summed E-state index contributed by atoms with van der Waals surface area (Å²) in [6.45, 7) is 1.68. The van der Waals surface area contributed by atoms with E-state index in [0.29, 0.717) is 17.6 Å². The zero-order chi connectivity index (χ0) is 8.01. The number of carbonyl (C=O) groups is 1. The molecule has 0 heterocycles. The number of carbonyl (C=O) groups excluding carboxylic acids is 1. The molecule has 0 amide bonds. The molecule has 1 unspecified atom stereocenters. The SMILES string of the molecule is CC(=O)C1C[C@H]2C[C@@H]1C[C@@H]2O. The van der Waals surface area contributed by atoms with E-state index in [0.717, 1.165) is 19.3 Å². The van der Waals surface area contributed by atoms with Crippen molar-refractivity contribution in [3.8, 4) is 0 Å². The van der Waals surface area contributed by atoms with E-state index < -0.39 is 0 Å². The van der Waals surface area contributed by atoms with Crippen LogP contribution < -0.4 is 0 Å². The Labute approximate surface area is 66.6 Å². The van der Waals surface area contributed by atoms with Crippen molar-refractivity contribution >= 4 is 5.78 Å². The van der Waals surface area contributed by atoms with Crippen LogP contribution in [0.4, 0.5) is 0 Å². The van der Waals surface area contributed by atoms with Crippen molar-refractivity contribution < 1.29 is 9.90 Å². The Bertz CT molecular complexity index is 186. The lowest BCUT2D eigenvalue weighted by molar-refractivity contribution is -0.122. The Morgan fingerprint density at radius 2 is 2.00 bits per heavy atom. The summed E-state index contributed by atoms with van der Waals surface area (Å²) in [6, 6.07) is 0. The van der Waals surface area contributed by atoms with Gasteiger partial charge in [-0.15, -0.1) is 0 Å². The van der Waals surface area contributed by atoms with Crippen molar-refractivity contribution in [3.05, 3.63) is 0 Å². The second-order valence-corrected chi connectivity index (χ2v) is 4.01. The van der Waals surface area contributed by atoms with Crippen LogP contribution in [-0.2, 0) is 4.79 Å². The van der Waals surface area contributed by atoms with Crippen LogP contribution in [0.3, 0.4) is 0 Å². The number of Topliss-reactive ketones (excluding diaryl/α,β-unsaturated/α-hetero) is 1. The standard InChI is InChI=1S/C9H14O2/c1-5(10)8-3-7-2-6(8)4-9(7)11/h6-9,11H,2-4H2,1H3/t6-,7-,8?,9+/m1/s1. The number of aliphatic hydroxyl groups excluding tert-OH is 1. The second kappa shape index (κ2) is 2.31. The van der Waals surface area contributed by atoms with Gasteiger partial charge >= 0.3 is 0 Å². The Morgan fingerprint density at radius 3 is 2.36 bits per heavy atom. The van der Waals surface area contributed by atoms with Gasteiger partial charge in [0.1, 0.15) is 5.78 Å². The number of rotatable bonds is 1. The van der Waals surface area contributed by atoms with Gasteiger partial charge in [0, 0.05) is 5.92 Å². The monoisotopic (exact) mass is 154 g/mol. The van der Waals surface area contributed by atoms with E-state index in [9.17, 15) is 9.90 Å². The topological polar surface area (TPSA) is 37.3 Å². The fourth-order valence-electron chi connectivity index (χ4n) is 2.74. The van der Waals surface area contributed by atoms with Crippen molar-refractivity contribution in [2.24, 2.45) is 17.8 Å². The summed E-state index contributed by atoms with van der Waals surface area (Å²) in [6.07, 6.45) is 2.80. The third-order valence-corrected chi connectivity index (χ3v) is 3.34. The average molecular weight is 154 g/mol. The van der Waals surface area contributed by atoms with E-state index in [-0.39, 0.29) is 12.0 Å². The highest BCUT2D eigenvalue weighted by molar-refractivity contribution is 5.79. The normalized spacial score (nSPS) is 48.2. The van der Waals surface area contributed by atoms with Crippen molar-refractivity contribution in [3.63, 3.8) is 0 Å². The van der Waals surface area contributed by atoms with E-state index in [1.54, 1.807) is 6.92 Å². The van der Waals surface area contributed by atoms with Gasteiger partial charge in [0.15, 0.2) is 0 Å². The number of hydrogen-bond donors (Lipinski definition) is 1. The Kier molecular flexibility index (Phi) is 1.53. The molecule has 0 aromatic rings. The number of ketones is 1. The van der Waals surface area contributed by atoms with Crippen LogP contribution in [0.5, 0.6) is 0 Å². The third kappa shape index (κ3) is 1.00. The van der Waals surface area contributed by atoms with E-state index >= 15 is 0 Å². The number of fused-ring (bicyclic) bond motifs is 2. The van der Waals surface area contributed by atoms with Gasteiger partial charge in [-0.3, -0.25) is 4.79 Å². The van der Waals surface area contributed by atoms with Crippen molar-refractivity contribution in [1.82, 2.24) is 0 Å². The van der Waals surface area contributed by atoms with Crippen LogP contribution in [0.15, 0.2) is 0 Å². The second-order valence-electron chi connectivity index (χ2n) is 4.01. The highest BCUT2D eigenvalue weighted by atomic mass is 16.3. The molecule has 0 saturated heterocycles. The molecule has 2 bridgehead atoms. The lowest BCUT2D eigenvalue weighted by Gasteiger charge is -2.22. The molecule has 2 fully saturated rings. The molecule has 11 heavy (non-hydrogen) atoms. The Hall–Kier alpha value is -0.370. The summed E-state index contributed by atoms with van der Waals surface area (Å²) in [4.78, 5) is 11.1. The molecule has 0 radical (unpaired) electrons. The Balaban J connectivity index is 2.08. The van der Waals surface area contributed by atoms with E-state index in [1.807, 2.05) is 0 Å². The summed E-state index contributed by atoms with van der Waals surface area (Å²) in [5.41, 5.74) is 0. The summed E-state index contributed by atoms with van der Waals surface area (Å²) in [7, 11) is 0. The minimum absolute atomic E-state index is 0.101. The molecule has 0 aliphatic heterocycles. The largest absolute Gasteiger partial charge is 0.393 e. The molecule has 0 spiro atoms. The highest BCUT2D eigenvalue weighted by Crippen LogP contribution is 2.48. The molecule has 2 aliphatic carbocycles. The molecule has 0 aromatic carbocycles. The van der Waals surface area contributed by atoms with Crippen LogP contribution in [0.25, 0.3) is 0 Å². The lowest BCUT2D eigenvalue weighted by atomic mass is 9.85. The molecule has 4 atom stereocenters. The Morgan fingerprint density at radius 1 is 1.27 bits per heavy atom. The van der Waals surface area contributed by atoms with Crippen LogP contribution in [0, 0.1) is 17.8 Å². The first-order chi connectivity index (χ1) is 5.18. The lowest BCUT2D eigenvalue weighted by Crippen LogP contribution is -2.25. The van der Waals surface area contributed by atoms with Crippen molar-refractivity contribution in [2.75, 3.05) is 0 Å². The zero-order valence-electron chi connectivity index (χ0n) is 6.79. The average Bonchev–Trinajstić information content (AvgIpc) is 2.43. The van der Waals surface area contributed by atoms with Crippen molar-refractivity contribution in [1.29, 1.82) is 0 Å². The smallest absolute Gasteiger partial charge is 0.133 e. The van der Waals surface area contributed by atoms with Crippen LogP contribution in [0.2, 0.25) is 0 Å². The summed E-state index contributed by atoms with van der Waals surface area (Å²) in [5, 5.41) is 9.41. The zero-order valence-corrected chi connectivity index (χ0v) is 6.79. The van der Waals surface area contributed by atoms with Crippen LogP contribution in [0.1, 0.15) is 26.2 Å². The van der Waals surface area contributed by atoms with Crippen LogP contribution in [-0.4, -0.2) is 17.0 Å². The first kappa shape index (κ1) is 7.29. The first-order valence-electron chi connectivity index (χ1n) is 4.37. The predicted octanol–water partition coefficient (Wildman–Crippen LogP) is 0.982. The maximum atomic E-state index is 11.1. The third-order valence-electron chi connectivity index (χ3n) is 3.34. The maximum Gasteiger partial charge on any atom is 0.133 e. The summed E-state index contributed by atoms with van der Waals surface area (Å²) in [5.74, 6) is 1.55. The number of hydrogen-bond acceptors (Lipinski definition) is 2. The van der Waals surface area contributed by atoms with Crippen LogP contribution >= 0.6 is 0 Å². The molecule has 2 heteroatoms. The van der Waals surface area contributed by atoms with Gasteiger partial charge in [0.25, 0.3) is 0 Å². The quantitative estimate of drug-likeness (QED) is 0.611. The maximum absolute atomic E-state index is 11.1. The molecule has 1 N–H and O–H groups in total. The van der Waals surface area contributed by atoms with Gasteiger partial charge in [-0.05, 0) is 38.0 Å². The fourth-order valence-corrected chi connectivity index (χ4v) is 2.74. The fraction of sp³-hybridized carbons (Fsp3) is 0.889. The summed E-state index contributed by atoms with van der Waals surface area (Å²) >= 11 is 0.